The average molecular weight is 238 g/mol. The highest BCUT2D eigenvalue weighted by Gasteiger charge is 2.28. The molecular weight excluding hydrogens is 222 g/mol. The third kappa shape index (κ3) is 2.07. The number of nitrogens with zero attached hydrogens (tertiary/aromatic N) is 1. The molecule has 1 unspecified atom stereocenters. The van der Waals surface area contributed by atoms with E-state index in [0.29, 0.717) is 5.88 Å². The predicted octanol–water partition coefficient (Wildman–Crippen LogP) is 2.84. The molecule has 1 heterocycles. The summed E-state index contributed by atoms with van der Waals surface area (Å²) in [6.07, 6.45) is 2.09. The summed E-state index contributed by atoms with van der Waals surface area (Å²) in [6.45, 7) is 2.81. The molecule has 0 radical (unpaired) electrons. The van der Waals surface area contributed by atoms with Crippen molar-refractivity contribution in [3.63, 3.8) is 0 Å². The minimum atomic E-state index is 0.126. The van der Waals surface area contributed by atoms with E-state index in [1.165, 1.54) is 0 Å². The summed E-state index contributed by atoms with van der Waals surface area (Å²) >= 11 is 5.88. The number of carbonyl (C=O) groups excluding carboxylic acids is 1. The van der Waals surface area contributed by atoms with Crippen LogP contribution in [0.1, 0.15) is 28.8 Å². The maximum absolute atomic E-state index is 12.3. The molecule has 2 nitrogen and oxygen atoms in total. The van der Waals surface area contributed by atoms with Gasteiger partial charge < -0.3 is 4.90 Å². The van der Waals surface area contributed by atoms with Gasteiger partial charge in [0.25, 0.3) is 5.91 Å². The molecule has 0 N–H and O–H groups in total. The summed E-state index contributed by atoms with van der Waals surface area (Å²) in [5.41, 5.74) is 1.84. The van der Waals surface area contributed by atoms with Crippen LogP contribution in [0.5, 0.6) is 0 Å². The zero-order valence-electron chi connectivity index (χ0n) is 9.45. The van der Waals surface area contributed by atoms with Gasteiger partial charge in [0.2, 0.25) is 0 Å². The van der Waals surface area contributed by atoms with Gasteiger partial charge in [0.15, 0.2) is 0 Å². The zero-order valence-corrected chi connectivity index (χ0v) is 10.2. The maximum Gasteiger partial charge on any atom is 0.254 e. The Morgan fingerprint density at radius 2 is 2.25 bits per heavy atom. The molecule has 1 aromatic carbocycles. The summed E-state index contributed by atoms with van der Waals surface area (Å²) in [5, 5.41) is 0. The Morgan fingerprint density at radius 1 is 1.50 bits per heavy atom. The lowest BCUT2D eigenvalue weighted by Gasteiger charge is -2.23. The number of carbonyl (C=O) groups is 1. The largest absolute Gasteiger partial charge is 0.334 e. The fraction of sp³-hybridized carbons (Fsp3) is 0.462. The molecule has 1 fully saturated rings. The molecule has 1 saturated heterocycles. The summed E-state index contributed by atoms with van der Waals surface area (Å²) in [7, 11) is 0. The molecule has 0 bridgehead atoms. The van der Waals surface area contributed by atoms with E-state index < -0.39 is 0 Å². The average Bonchev–Trinajstić information content (AvgIpc) is 2.77. The van der Waals surface area contributed by atoms with Crippen molar-refractivity contribution in [1.82, 2.24) is 4.90 Å². The van der Waals surface area contributed by atoms with Gasteiger partial charge in [-0.3, -0.25) is 4.79 Å². The third-order valence-electron chi connectivity index (χ3n) is 3.19. The van der Waals surface area contributed by atoms with Crippen molar-refractivity contribution in [2.75, 3.05) is 12.4 Å². The fourth-order valence-electron chi connectivity index (χ4n) is 2.23. The van der Waals surface area contributed by atoms with E-state index in [1.54, 1.807) is 0 Å². The molecule has 1 aromatic rings. The highest BCUT2D eigenvalue weighted by Crippen LogP contribution is 2.22. The lowest BCUT2D eigenvalue weighted by Crippen LogP contribution is -2.36. The first kappa shape index (κ1) is 11.5. The minimum Gasteiger partial charge on any atom is -0.334 e. The Balaban J connectivity index is 2.22. The van der Waals surface area contributed by atoms with Gasteiger partial charge in [-0.15, -0.1) is 11.6 Å². The van der Waals surface area contributed by atoms with Gasteiger partial charge in [-0.25, -0.2) is 0 Å². The Kier molecular flexibility index (Phi) is 3.49. The number of alkyl halides is 1. The minimum absolute atomic E-state index is 0.126. The smallest absolute Gasteiger partial charge is 0.254 e. The molecule has 0 aliphatic carbocycles. The van der Waals surface area contributed by atoms with Crippen LogP contribution < -0.4 is 0 Å². The second-order valence-electron chi connectivity index (χ2n) is 4.26. The number of benzene rings is 1. The van der Waals surface area contributed by atoms with Crippen LogP contribution in [0.4, 0.5) is 0 Å². The first-order chi connectivity index (χ1) is 7.74. The first-order valence-corrected chi connectivity index (χ1v) is 6.20. The Hall–Kier alpha value is -1.02. The highest BCUT2D eigenvalue weighted by atomic mass is 35.5. The second kappa shape index (κ2) is 4.88. The van der Waals surface area contributed by atoms with Gasteiger partial charge in [-0.1, -0.05) is 18.2 Å². The van der Waals surface area contributed by atoms with E-state index in [4.69, 9.17) is 11.6 Å². The van der Waals surface area contributed by atoms with Crippen LogP contribution in [0, 0.1) is 6.92 Å². The Bertz CT molecular complexity index is 391. The van der Waals surface area contributed by atoms with Crippen molar-refractivity contribution in [3.8, 4) is 0 Å². The molecular formula is C13H16ClNO. The van der Waals surface area contributed by atoms with Crippen molar-refractivity contribution in [3.05, 3.63) is 35.4 Å². The summed E-state index contributed by atoms with van der Waals surface area (Å²) in [5.74, 6) is 0.665. The zero-order chi connectivity index (χ0) is 11.5. The van der Waals surface area contributed by atoms with Crippen LogP contribution in [0.2, 0.25) is 0 Å². The van der Waals surface area contributed by atoms with E-state index in [0.717, 1.165) is 30.5 Å². The Labute approximate surface area is 101 Å². The number of aryl methyl sites for hydroxylation is 1. The van der Waals surface area contributed by atoms with Crippen LogP contribution in [0.25, 0.3) is 0 Å². The molecule has 1 aliphatic rings. The summed E-state index contributed by atoms with van der Waals surface area (Å²) < 4.78 is 0. The summed E-state index contributed by atoms with van der Waals surface area (Å²) in [4.78, 5) is 14.2. The third-order valence-corrected chi connectivity index (χ3v) is 3.55. The molecule has 1 aliphatic heterocycles. The van der Waals surface area contributed by atoms with E-state index in [1.807, 2.05) is 36.1 Å². The lowest BCUT2D eigenvalue weighted by molar-refractivity contribution is 0.0748. The molecule has 16 heavy (non-hydrogen) atoms. The summed E-state index contributed by atoms with van der Waals surface area (Å²) in [6, 6.07) is 7.94. The van der Waals surface area contributed by atoms with Crippen LogP contribution >= 0.6 is 11.6 Å². The first-order valence-electron chi connectivity index (χ1n) is 5.66. The number of likely N-dealkylation sites (tertiary alicyclic amines) is 1. The van der Waals surface area contributed by atoms with Gasteiger partial charge >= 0.3 is 0 Å². The lowest BCUT2D eigenvalue weighted by atomic mass is 10.1. The molecule has 1 atom stereocenters. The standard InChI is InChI=1S/C13H16ClNO/c1-10-5-2-3-7-12(10)13(16)15-8-4-6-11(15)9-14/h2-3,5,7,11H,4,6,8-9H2,1H3. The van der Waals surface area contributed by atoms with Crippen molar-refractivity contribution >= 4 is 17.5 Å². The second-order valence-corrected chi connectivity index (χ2v) is 4.57. The highest BCUT2D eigenvalue weighted by molar-refractivity contribution is 6.18. The van der Waals surface area contributed by atoms with Gasteiger partial charge in [0, 0.05) is 24.0 Å². The molecule has 0 spiro atoms. The number of amides is 1. The molecule has 0 saturated carbocycles. The van der Waals surface area contributed by atoms with Crippen molar-refractivity contribution in [2.24, 2.45) is 0 Å². The van der Waals surface area contributed by atoms with Gasteiger partial charge in [0.05, 0.1) is 0 Å². The van der Waals surface area contributed by atoms with E-state index in [2.05, 4.69) is 0 Å². The van der Waals surface area contributed by atoms with E-state index in [-0.39, 0.29) is 11.9 Å². The van der Waals surface area contributed by atoms with Crippen LogP contribution in [0.3, 0.4) is 0 Å². The van der Waals surface area contributed by atoms with Crippen LogP contribution in [0.15, 0.2) is 24.3 Å². The number of hydrogen-bond donors (Lipinski definition) is 0. The topological polar surface area (TPSA) is 20.3 Å². The maximum atomic E-state index is 12.3. The van der Waals surface area contributed by atoms with Crippen molar-refractivity contribution < 1.29 is 4.79 Å². The quantitative estimate of drug-likeness (QED) is 0.725. The van der Waals surface area contributed by atoms with E-state index >= 15 is 0 Å². The Morgan fingerprint density at radius 3 is 2.94 bits per heavy atom. The SMILES string of the molecule is Cc1ccccc1C(=O)N1CCCC1CCl. The van der Waals surface area contributed by atoms with Crippen molar-refractivity contribution in [1.29, 1.82) is 0 Å². The van der Waals surface area contributed by atoms with Crippen molar-refractivity contribution in [2.45, 2.75) is 25.8 Å². The number of hydrogen-bond acceptors (Lipinski definition) is 1. The number of halogens is 1. The predicted molar refractivity (Wildman–Crippen MR) is 66.0 cm³/mol. The number of rotatable bonds is 2. The molecule has 2 rings (SSSR count). The van der Waals surface area contributed by atoms with Crippen LogP contribution in [-0.2, 0) is 0 Å². The van der Waals surface area contributed by atoms with Gasteiger partial charge in [-0.2, -0.15) is 0 Å². The fourth-order valence-corrected chi connectivity index (χ4v) is 2.55. The molecule has 0 aromatic heterocycles. The van der Waals surface area contributed by atoms with E-state index in [9.17, 15) is 4.79 Å². The molecule has 1 amide bonds. The monoisotopic (exact) mass is 237 g/mol. The normalized spacial score (nSPS) is 20.1. The van der Waals surface area contributed by atoms with Gasteiger partial charge in [0.1, 0.15) is 0 Å². The molecule has 3 heteroatoms. The van der Waals surface area contributed by atoms with Gasteiger partial charge in [-0.05, 0) is 31.4 Å². The molecule has 86 valence electrons. The van der Waals surface area contributed by atoms with Crippen LogP contribution in [-0.4, -0.2) is 29.3 Å².